The van der Waals surface area contributed by atoms with Crippen molar-refractivity contribution in [3.8, 4) is 0 Å². The van der Waals surface area contributed by atoms with E-state index in [1.807, 2.05) is 44.2 Å². The number of pyridine rings is 1. The van der Waals surface area contributed by atoms with E-state index in [4.69, 9.17) is 4.42 Å². The Kier molecular flexibility index (Phi) is 4.55. The number of nitrogens with zero attached hydrogens (tertiary/aromatic N) is 4. The number of carbonyl (C=O) groups excluding carboxylic acids is 1. The lowest BCUT2D eigenvalue weighted by molar-refractivity contribution is 0.247. The zero-order chi connectivity index (χ0) is 16.9. The standard InChI is InChI=1S/C16H18N6O2/c1-11-6-7-14(24-11)12(2)19-16(23)20-15-18-10-22(21-15)9-13-5-3-4-8-17-13/h3-8,10,12H,9H2,1-2H3,(H2,19,20,21,23)/t12-/m1/s1. The van der Waals surface area contributed by atoms with Gasteiger partial charge in [-0.3, -0.25) is 10.3 Å². The number of carbonyl (C=O) groups is 1. The first-order valence-electron chi connectivity index (χ1n) is 7.53. The summed E-state index contributed by atoms with van der Waals surface area (Å²) in [5.74, 6) is 1.72. The number of furan rings is 1. The molecule has 8 heteroatoms. The average molecular weight is 326 g/mol. The first kappa shape index (κ1) is 15.7. The van der Waals surface area contributed by atoms with E-state index in [2.05, 4.69) is 25.7 Å². The number of anilines is 1. The Morgan fingerprint density at radius 2 is 2.17 bits per heavy atom. The molecule has 0 fully saturated rings. The molecule has 0 radical (unpaired) electrons. The second-order valence-electron chi connectivity index (χ2n) is 5.36. The SMILES string of the molecule is Cc1ccc([C@@H](C)NC(=O)Nc2ncn(Cc3ccccn3)n2)o1. The van der Waals surface area contributed by atoms with E-state index >= 15 is 0 Å². The van der Waals surface area contributed by atoms with Crippen LogP contribution in [0.4, 0.5) is 10.7 Å². The molecule has 0 bridgehead atoms. The predicted molar refractivity (Wildman–Crippen MR) is 87.4 cm³/mol. The fraction of sp³-hybridized carbons (Fsp3) is 0.250. The van der Waals surface area contributed by atoms with Crippen LogP contribution in [-0.2, 0) is 6.54 Å². The number of aryl methyl sites for hydroxylation is 1. The van der Waals surface area contributed by atoms with Gasteiger partial charge in [-0.1, -0.05) is 6.07 Å². The molecular weight excluding hydrogens is 308 g/mol. The molecule has 0 saturated carbocycles. The van der Waals surface area contributed by atoms with Gasteiger partial charge in [-0.2, -0.15) is 0 Å². The van der Waals surface area contributed by atoms with Gasteiger partial charge >= 0.3 is 6.03 Å². The van der Waals surface area contributed by atoms with Crippen LogP contribution >= 0.6 is 0 Å². The Hall–Kier alpha value is -3.16. The van der Waals surface area contributed by atoms with Crippen molar-refractivity contribution in [1.82, 2.24) is 25.1 Å². The molecule has 124 valence electrons. The molecule has 0 aliphatic carbocycles. The number of urea groups is 1. The first-order chi connectivity index (χ1) is 11.6. The summed E-state index contributed by atoms with van der Waals surface area (Å²) in [4.78, 5) is 20.3. The minimum atomic E-state index is -0.396. The molecule has 2 amide bonds. The van der Waals surface area contributed by atoms with Crippen molar-refractivity contribution in [2.45, 2.75) is 26.4 Å². The summed E-state index contributed by atoms with van der Waals surface area (Å²) in [6, 6.07) is 8.69. The monoisotopic (exact) mass is 326 g/mol. The van der Waals surface area contributed by atoms with Crippen LogP contribution in [0, 0.1) is 6.92 Å². The maximum absolute atomic E-state index is 12.0. The number of rotatable bonds is 5. The third-order valence-corrected chi connectivity index (χ3v) is 3.35. The van der Waals surface area contributed by atoms with Gasteiger partial charge in [0.1, 0.15) is 17.8 Å². The summed E-state index contributed by atoms with van der Waals surface area (Å²) in [7, 11) is 0. The predicted octanol–water partition coefficient (Wildman–Crippen LogP) is 2.51. The van der Waals surface area contributed by atoms with Crippen molar-refractivity contribution in [1.29, 1.82) is 0 Å². The maximum Gasteiger partial charge on any atom is 0.322 e. The molecule has 1 atom stereocenters. The van der Waals surface area contributed by atoms with Crippen molar-refractivity contribution < 1.29 is 9.21 Å². The number of nitrogens with one attached hydrogen (secondary N) is 2. The highest BCUT2D eigenvalue weighted by atomic mass is 16.3. The smallest absolute Gasteiger partial charge is 0.322 e. The van der Waals surface area contributed by atoms with Crippen LogP contribution in [0.3, 0.4) is 0 Å². The van der Waals surface area contributed by atoms with Gasteiger partial charge < -0.3 is 9.73 Å². The third-order valence-electron chi connectivity index (χ3n) is 3.35. The summed E-state index contributed by atoms with van der Waals surface area (Å²) in [5, 5.41) is 9.57. The largest absolute Gasteiger partial charge is 0.464 e. The lowest BCUT2D eigenvalue weighted by Gasteiger charge is -2.11. The molecule has 3 heterocycles. The van der Waals surface area contributed by atoms with Crippen molar-refractivity contribution in [3.05, 3.63) is 60.1 Å². The van der Waals surface area contributed by atoms with Gasteiger partial charge in [-0.25, -0.2) is 14.5 Å². The van der Waals surface area contributed by atoms with Gasteiger partial charge in [-0.15, -0.1) is 5.10 Å². The molecule has 0 spiro atoms. The lowest BCUT2D eigenvalue weighted by atomic mass is 10.2. The molecule has 0 unspecified atom stereocenters. The summed E-state index contributed by atoms with van der Waals surface area (Å²) in [5.41, 5.74) is 0.861. The Bertz CT molecular complexity index is 811. The lowest BCUT2D eigenvalue weighted by Crippen LogP contribution is -2.31. The quantitative estimate of drug-likeness (QED) is 0.750. The number of aromatic nitrogens is 4. The van der Waals surface area contributed by atoms with E-state index < -0.39 is 6.03 Å². The number of hydrogen-bond donors (Lipinski definition) is 2. The molecular formula is C16H18N6O2. The van der Waals surface area contributed by atoms with Gasteiger partial charge in [-0.05, 0) is 38.1 Å². The van der Waals surface area contributed by atoms with E-state index in [9.17, 15) is 4.79 Å². The molecule has 8 nitrogen and oxygen atoms in total. The molecule has 0 aliphatic heterocycles. The minimum absolute atomic E-state index is 0.228. The van der Waals surface area contributed by atoms with Gasteiger partial charge in [0.25, 0.3) is 0 Å². The highest BCUT2D eigenvalue weighted by Crippen LogP contribution is 2.15. The van der Waals surface area contributed by atoms with E-state index in [0.29, 0.717) is 12.3 Å². The molecule has 3 rings (SSSR count). The van der Waals surface area contributed by atoms with Crippen molar-refractivity contribution in [2.24, 2.45) is 0 Å². The highest BCUT2D eigenvalue weighted by molar-refractivity contribution is 5.87. The van der Waals surface area contributed by atoms with Crippen LogP contribution in [0.25, 0.3) is 0 Å². The summed E-state index contributed by atoms with van der Waals surface area (Å²) < 4.78 is 7.09. The van der Waals surface area contributed by atoms with E-state index in [1.54, 1.807) is 17.2 Å². The van der Waals surface area contributed by atoms with Crippen LogP contribution in [0.5, 0.6) is 0 Å². The fourth-order valence-corrected chi connectivity index (χ4v) is 2.18. The highest BCUT2D eigenvalue weighted by Gasteiger charge is 2.14. The van der Waals surface area contributed by atoms with E-state index in [-0.39, 0.29) is 12.0 Å². The maximum atomic E-state index is 12.0. The van der Waals surface area contributed by atoms with Gasteiger partial charge in [0.05, 0.1) is 18.3 Å². The normalized spacial score (nSPS) is 11.9. The van der Waals surface area contributed by atoms with Gasteiger partial charge in [0, 0.05) is 6.20 Å². The topological polar surface area (TPSA) is 97.9 Å². The van der Waals surface area contributed by atoms with Crippen LogP contribution in [-0.4, -0.2) is 25.8 Å². The molecule has 0 aliphatic rings. The molecule has 0 saturated heterocycles. The molecule has 2 N–H and O–H groups in total. The Balaban J connectivity index is 1.55. The van der Waals surface area contributed by atoms with Crippen LogP contribution in [0.2, 0.25) is 0 Å². The van der Waals surface area contributed by atoms with E-state index in [1.165, 1.54) is 0 Å². The van der Waals surface area contributed by atoms with Crippen LogP contribution < -0.4 is 10.6 Å². The van der Waals surface area contributed by atoms with E-state index in [0.717, 1.165) is 11.5 Å². The second kappa shape index (κ2) is 6.95. The summed E-state index contributed by atoms with van der Waals surface area (Å²) in [6.45, 7) is 4.18. The van der Waals surface area contributed by atoms with Crippen molar-refractivity contribution in [2.75, 3.05) is 5.32 Å². The molecule has 3 aromatic heterocycles. The molecule has 24 heavy (non-hydrogen) atoms. The average Bonchev–Trinajstić information content (AvgIpc) is 3.17. The van der Waals surface area contributed by atoms with Crippen LogP contribution in [0.15, 0.2) is 47.3 Å². The number of hydrogen-bond acceptors (Lipinski definition) is 5. The first-order valence-corrected chi connectivity index (χ1v) is 7.53. The summed E-state index contributed by atoms with van der Waals surface area (Å²) >= 11 is 0. The zero-order valence-corrected chi connectivity index (χ0v) is 13.4. The van der Waals surface area contributed by atoms with Gasteiger partial charge in [0.2, 0.25) is 5.95 Å². The Morgan fingerprint density at radius 3 is 2.88 bits per heavy atom. The molecule has 0 aromatic carbocycles. The second-order valence-corrected chi connectivity index (χ2v) is 5.36. The van der Waals surface area contributed by atoms with Gasteiger partial charge in [0.15, 0.2) is 0 Å². The van der Waals surface area contributed by atoms with Crippen molar-refractivity contribution in [3.63, 3.8) is 0 Å². The zero-order valence-electron chi connectivity index (χ0n) is 13.4. The van der Waals surface area contributed by atoms with Crippen LogP contribution in [0.1, 0.15) is 30.2 Å². The third kappa shape index (κ3) is 3.97. The Labute approximate surface area is 138 Å². The fourth-order valence-electron chi connectivity index (χ4n) is 2.18. The van der Waals surface area contributed by atoms with Crippen molar-refractivity contribution >= 4 is 12.0 Å². The summed E-state index contributed by atoms with van der Waals surface area (Å²) in [6.07, 6.45) is 3.26. The number of amides is 2. The Morgan fingerprint density at radius 1 is 1.29 bits per heavy atom. The minimum Gasteiger partial charge on any atom is -0.464 e. The molecule has 3 aromatic rings.